The normalized spacial score (nSPS) is 21.5. The third kappa shape index (κ3) is 3.49. The molecule has 0 atom stereocenters. The van der Waals surface area contributed by atoms with E-state index in [0.717, 1.165) is 11.7 Å². The van der Waals surface area contributed by atoms with Crippen LogP contribution >= 0.6 is 23.1 Å². The number of aryl methyl sites for hydroxylation is 2. The van der Waals surface area contributed by atoms with Crippen molar-refractivity contribution in [1.29, 1.82) is 0 Å². The van der Waals surface area contributed by atoms with Crippen LogP contribution in [0.15, 0.2) is 11.1 Å². The number of nitrogens with zero attached hydrogens (tertiary/aromatic N) is 1. The van der Waals surface area contributed by atoms with E-state index >= 15 is 0 Å². The highest BCUT2D eigenvalue weighted by Crippen LogP contribution is 2.24. The first kappa shape index (κ1) is 13.0. The number of thioether (sulfide) groups is 1. The van der Waals surface area contributed by atoms with Crippen molar-refractivity contribution < 1.29 is 0 Å². The van der Waals surface area contributed by atoms with Gasteiger partial charge in [0.15, 0.2) is 5.17 Å². The number of hydrogen-bond acceptors (Lipinski definition) is 3. The molecule has 0 spiro atoms. The van der Waals surface area contributed by atoms with E-state index < -0.39 is 0 Å². The summed E-state index contributed by atoms with van der Waals surface area (Å²) in [5.74, 6) is 1.17. The molecule has 94 valence electrons. The van der Waals surface area contributed by atoms with E-state index in [1.807, 2.05) is 23.1 Å². The molecule has 0 aliphatic carbocycles. The van der Waals surface area contributed by atoms with Crippen molar-refractivity contribution in [2.24, 2.45) is 4.99 Å². The fourth-order valence-electron chi connectivity index (χ4n) is 1.75. The van der Waals surface area contributed by atoms with Crippen LogP contribution in [0, 0.1) is 13.8 Å². The highest BCUT2D eigenvalue weighted by Gasteiger charge is 2.23. The van der Waals surface area contributed by atoms with Gasteiger partial charge in [-0.3, -0.25) is 4.99 Å². The third-order valence-electron chi connectivity index (χ3n) is 3.01. The minimum Gasteiger partial charge on any atom is -0.360 e. The van der Waals surface area contributed by atoms with Crippen molar-refractivity contribution in [3.05, 3.63) is 21.4 Å². The molecule has 1 aromatic rings. The van der Waals surface area contributed by atoms with Gasteiger partial charge in [0.2, 0.25) is 0 Å². The van der Waals surface area contributed by atoms with Gasteiger partial charge in [-0.15, -0.1) is 11.3 Å². The van der Waals surface area contributed by atoms with Crippen molar-refractivity contribution >= 4 is 28.3 Å². The van der Waals surface area contributed by atoms with Crippen LogP contribution in [0.3, 0.4) is 0 Å². The SMILES string of the molecule is Cc1cc(CN=C2NC(C)(C)CCS2)sc1C. The summed E-state index contributed by atoms with van der Waals surface area (Å²) in [5.41, 5.74) is 1.58. The molecule has 0 radical (unpaired) electrons. The van der Waals surface area contributed by atoms with Crippen LogP contribution in [0.2, 0.25) is 0 Å². The van der Waals surface area contributed by atoms with E-state index in [0.29, 0.717) is 0 Å². The average molecular weight is 268 g/mol. The van der Waals surface area contributed by atoms with Crippen molar-refractivity contribution in [2.45, 2.75) is 46.2 Å². The largest absolute Gasteiger partial charge is 0.360 e. The minimum atomic E-state index is 0.200. The summed E-state index contributed by atoms with van der Waals surface area (Å²) in [6.45, 7) is 9.63. The lowest BCUT2D eigenvalue weighted by Crippen LogP contribution is -2.46. The molecular formula is C13H20N2S2. The lowest BCUT2D eigenvalue weighted by molar-refractivity contribution is 0.446. The standard InChI is InChI=1S/C13H20N2S2/c1-9-7-11(17-10(9)2)8-14-12-15-13(3,4)5-6-16-12/h7H,5-6,8H2,1-4H3,(H,14,15). The zero-order valence-electron chi connectivity index (χ0n) is 11.0. The number of rotatable bonds is 2. The fourth-order valence-corrected chi connectivity index (χ4v) is 4.04. The maximum absolute atomic E-state index is 4.68. The van der Waals surface area contributed by atoms with Crippen molar-refractivity contribution in [3.8, 4) is 0 Å². The quantitative estimate of drug-likeness (QED) is 0.884. The molecule has 0 bridgehead atoms. The molecule has 0 amide bonds. The Kier molecular flexibility index (Phi) is 3.83. The highest BCUT2D eigenvalue weighted by atomic mass is 32.2. The predicted molar refractivity (Wildman–Crippen MR) is 79.2 cm³/mol. The lowest BCUT2D eigenvalue weighted by Gasteiger charge is -2.32. The molecule has 2 nitrogen and oxygen atoms in total. The second-order valence-electron chi connectivity index (χ2n) is 5.18. The number of hydrogen-bond donors (Lipinski definition) is 1. The number of aliphatic imine (C=N–C) groups is 1. The summed E-state index contributed by atoms with van der Waals surface area (Å²) in [5, 5.41) is 4.60. The zero-order valence-corrected chi connectivity index (χ0v) is 12.6. The molecule has 0 unspecified atom stereocenters. The van der Waals surface area contributed by atoms with Gasteiger partial charge in [-0.05, 0) is 45.7 Å². The summed E-state index contributed by atoms with van der Waals surface area (Å²) in [6, 6.07) is 2.25. The Hall–Kier alpha value is -0.480. The van der Waals surface area contributed by atoms with Crippen LogP contribution in [0.4, 0.5) is 0 Å². The van der Waals surface area contributed by atoms with Gasteiger partial charge in [-0.25, -0.2) is 0 Å². The smallest absolute Gasteiger partial charge is 0.157 e. The molecule has 1 N–H and O–H groups in total. The number of nitrogens with one attached hydrogen (secondary N) is 1. The first-order valence-electron chi connectivity index (χ1n) is 5.98. The summed E-state index contributed by atoms with van der Waals surface area (Å²) < 4.78 is 0. The van der Waals surface area contributed by atoms with E-state index in [2.05, 4.69) is 44.1 Å². The Morgan fingerprint density at radius 1 is 1.41 bits per heavy atom. The van der Waals surface area contributed by atoms with Crippen molar-refractivity contribution in [1.82, 2.24) is 5.32 Å². The van der Waals surface area contributed by atoms with Gasteiger partial charge in [0.1, 0.15) is 0 Å². The molecule has 1 fully saturated rings. The van der Waals surface area contributed by atoms with Crippen LogP contribution in [-0.4, -0.2) is 16.5 Å². The molecule has 1 aliphatic heterocycles. The molecule has 1 saturated heterocycles. The zero-order chi connectivity index (χ0) is 12.5. The molecule has 0 saturated carbocycles. The average Bonchev–Trinajstić information content (AvgIpc) is 2.54. The van der Waals surface area contributed by atoms with Crippen LogP contribution in [-0.2, 0) is 6.54 Å². The molecule has 4 heteroatoms. The topological polar surface area (TPSA) is 24.4 Å². The number of amidine groups is 1. The summed E-state index contributed by atoms with van der Waals surface area (Å²) in [7, 11) is 0. The Labute approximate surface area is 112 Å². The Morgan fingerprint density at radius 3 is 2.76 bits per heavy atom. The van der Waals surface area contributed by atoms with Crippen LogP contribution in [0.5, 0.6) is 0 Å². The second kappa shape index (κ2) is 5.02. The molecule has 17 heavy (non-hydrogen) atoms. The van der Waals surface area contributed by atoms with Crippen LogP contribution in [0.1, 0.15) is 35.6 Å². The van der Waals surface area contributed by atoms with Crippen LogP contribution < -0.4 is 5.32 Å². The summed E-state index contributed by atoms with van der Waals surface area (Å²) >= 11 is 3.70. The van der Waals surface area contributed by atoms with Gasteiger partial charge >= 0.3 is 0 Å². The van der Waals surface area contributed by atoms with Gasteiger partial charge in [-0.2, -0.15) is 0 Å². The highest BCUT2D eigenvalue weighted by molar-refractivity contribution is 8.13. The van der Waals surface area contributed by atoms with Gasteiger partial charge in [0.05, 0.1) is 6.54 Å². The molecular weight excluding hydrogens is 248 g/mol. The van der Waals surface area contributed by atoms with E-state index in [9.17, 15) is 0 Å². The van der Waals surface area contributed by atoms with E-state index in [1.165, 1.54) is 27.5 Å². The maximum atomic E-state index is 4.68. The Morgan fingerprint density at radius 2 is 2.18 bits per heavy atom. The fraction of sp³-hybridized carbons (Fsp3) is 0.615. The van der Waals surface area contributed by atoms with Gasteiger partial charge < -0.3 is 5.32 Å². The van der Waals surface area contributed by atoms with Crippen molar-refractivity contribution in [2.75, 3.05) is 5.75 Å². The van der Waals surface area contributed by atoms with Crippen LogP contribution in [0.25, 0.3) is 0 Å². The second-order valence-corrected chi connectivity index (χ2v) is 7.61. The number of thiophene rings is 1. The minimum absolute atomic E-state index is 0.200. The summed E-state index contributed by atoms with van der Waals surface area (Å²) in [4.78, 5) is 7.45. The van der Waals surface area contributed by atoms with E-state index in [1.54, 1.807) is 0 Å². The lowest BCUT2D eigenvalue weighted by atomic mass is 10.0. The van der Waals surface area contributed by atoms with Crippen molar-refractivity contribution in [3.63, 3.8) is 0 Å². The van der Waals surface area contributed by atoms with Gasteiger partial charge in [0, 0.05) is 21.0 Å². The van der Waals surface area contributed by atoms with Gasteiger partial charge in [0.25, 0.3) is 0 Å². The third-order valence-corrected chi connectivity index (χ3v) is 5.06. The summed E-state index contributed by atoms with van der Waals surface area (Å²) in [6.07, 6.45) is 1.20. The first-order chi connectivity index (χ1) is 7.96. The Balaban J connectivity index is 2.00. The predicted octanol–water partition coefficient (Wildman–Crippen LogP) is 3.73. The molecule has 1 aliphatic rings. The molecule has 0 aromatic carbocycles. The maximum Gasteiger partial charge on any atom is 0.157 e. The molecule has 2 rings (SSSR count). The van der Waals surface area contributed by atoms with E-state index in [4.69, 9.17) is 0 Å². The van der Waals surface area contributed by atoms with E-state index in [-0.39, 0.29) is 5.54 Å². The Bertz CT molecular complexity index is 413. The monoisotopic (exact) mass is 268 g/mol. The molecule has 2 heterocycles. The first-order valence-corrected chi connectivity index (χ1v) is 7.78. The molecule has 1 aromatic heterocycles. The van der Waals surface area contributed by atoms with Gasteiger partial charge in [-0.1, -0.05) is 11.8 Å².